The summed E-state index contributed by atoms with van der Waals surface area (Å²) in [5.41, 5.74) is 0. The van der Waals surface area contributed by atoms with Gasteiger partial charge in [-0.2, -0.15) is 0 Å². The number of hydrogen-bond acceptors (Lipinski definition) is 3. The zero-order valence-electron chi connectivity index (χ0n) is 11.2. The van der Waals surface area contributed by atoms with E-state index in [1.165, 1.54) is 0 Å². The van der Waals surface area contributed by atoms with Gasteiger partial charge in [0.2, 0.25) is 0 Å². The topological polar surface area (TPSA) is 38.7 Å². The average molecular weight is 266 g/mol. The zero-order valence-corrected chi connectivity index (χ0v) is 13.4. The minimum absolute atomic E-state index is 0.233. The summed E-state index contributed by atoms with van der Waals surface area (Å²) in [6.07, 6.45) is 1.32. The zero-order chi connectivity index (χ0) is 12.8. The molecule has 0 bridgehead atoms. The molecule has 0 amide bonds. The Morgan fingerprint density at radius 1 is 1.38 bits per heavy atom. The first-order chi connectivity index (χ1) is 7.22. The van der Waals surface area contributed by atoms with E-state index in [9.17, 15) is 5.11 Å². The Hall–Kier alpha value is 0.527. The summed E-state index contributed by atoms with van der Waals surface area (Å²) in [7, 11) is 0.540. The predicted molar refractivity (Wildman–Crippen MR) is 73.8 cm³/mol. The lowest BCUT2D eigenvalue weighted by molar-refractivity contribution is 0.110. The van der Waals surface area contributed by atoms with Gasteiger partial charge >= 0.3 is 8.56 Å². The maximum absolute atomic E-state index is 9.59. The van der Waals surface area contributed by atoms with Crippen molar-refractivity contribution in [3.8, 4) is 0 Å². The summed E-state index contributed by atoms with van der Waals surface area (Å²) in [5.74, 6) is 0. The number of hydrogen-bond donors (Lipinski definition) is 1. The first kappa shape index (κ1) is 16.5. The number of aliphatic hydroxyl groups is 1. The van der Waals surface area contributed by atoms with Crippen LogP contribution in [-0.2, 0) is 8.85 Å². The van der Waals surface area contributed by atoms with E-state index < -0.39 is 8.56 Å². The lowest BCUT2D eigenvalue weighted by Crippen LogP contribution is -2.44. The third-order valence-corrected chi connectivity index (χ3v) is 5.74. The Morgan fingerprint density at radius 2 is 1.94 bits per heavy atom. The maximum Gasteiger partial charge on any atom is 0.335 e. The van der Waals surface area contributed by atoms with Crippen LogP contribution in [0, 0.1) is 0 Å². The van der Waals surface area contributed by atoms with Crippen molar-refractivity contribution in [3.63, 3.8) is 0 Å². The van der Waals surface area contributed by atoms with Gasteiger partial charge in [0.15, 0.2) is 0 Å². The molecule has 0 aromatic rings. The van der Waals surface area contributed by atoms with Crippen LogP contribution in [0.25, 0.3) is 0 Å². The van der Waals surface area contributed by atoms with Gasteiger partial charge in [-0.05, 0) is 46.2 Å². The fourth-order valence-corrected chi connectivity index (χ4v) is 5.28. The fourth-order valence-electron chi connectivity index (χ4n) is 1.65. The first-order valence-electron chi connectivity index (χ1n) is 6.03. The van der Waals surface area contributed by atoms with E-state index in [0.717, 1.165) is 18.9 Å². The highest BCUT2D eigenvalue weighted by Gasteiger charge is 2.35. The molecule has 0 heterocycles. The van der Waals surface area contributed by atoms with Crippen LogP contribution in [0.4, 0.5) is 0 Å². The smallest absolute Gasteiger partial charge is 0.335 e. The third-order valence-electron chi connectivity index (χ3n) is 2.33. The normalized spacial score (nSPS) is 18.2. The quantitative estimate of drug-likeness (QED) is 0.542. The predicted octanol–water partition coefficient (Wildman–Crippen LogP) is 2.88. The summed E-state index contributed by atoms with van der Waals surface area (Å²) in [5, 5.41) is 9.34. The molecule has 0 aliphatic carbocycles. The molecule has 16 heavy (non-hydrogen) atoms. The van der Waals surface area contributed by atoms with Crippen molar-refractivity contribution >= 4 is 17.8 Å². The summed E-state index contributed by atoms with van der Waals surface area (Å²) >= 11 is 0. The van der Waals surface area contributed by atoms with E-state index in [-0.39, 0.29) is 11.4 Å². The summed E-state index contributed by atoms with van der Waals surface area (Å²) < 4.78 is 11.8. The molecule has 3 nitrogen and oxygen atoms in total. The van der Waals surface area contributed by atoms with Crippen molar-refractivity contribution in [3.05, 3.63) is 0 Å². The maximum atomic E-state index is 9.59. The van der Waals surface area contributed by atoms with Crippen molar-refractivity contribution < 1.29 is 14.0 Å². The minimum atomic E-state index is -2.14. The van der Waals surface area contributed by atoms with E-state index >= 15 is 0 Å². The molecule has 0 spiro atoms. The Labute approximate surface area is 103 Å². The van der Waals surface area contributed by atoms with Gasteiger partial charge in [0.1, 0.15) is 0 Å². The van der Waals surface area contributed by atoms with E-state index in [4.69, 9.17) is 8.85 Å². The lowest BCUT2D eigenvalue weighted by atomic mass is 10.2. The highest BCUT2D eigenvalue weighted by molar-refractivity contribution is 7.18. The van der Waals surface area contributed by atoms with Gasteiger partial charge in [-0.25, -0.2) is 0 Å². The van der Waals surface area contributed by atoms with Crippen LogP contribution in [0.1, 0.15) is 40.5 Å². The molecule has 0 aromatic carbocycles. The Kier molecular flexibility index (Phi) is 7.30. The molecule has 3 atom stereocenters. The van der Waals surface area contributed by atoms with E-state index in [2.05, 4.69) is 15.8 Å². The molecule has 0 aliphatic rings. The average Bonchev–Trinajstić information content (AvgIpc) is 2.11. The van der Waals surface area contributed by atoms with Crippen molar-refractivity contribution in [1.82, 2.24) is 0 Å². The van der Waals surface area contributed by atoms with E-state index in [0.29, 0.717) is 6.61 Å². The van der Waals surface area contributed by atoms with Crippen LogP contribution in [0.5, 0.6) is 0 Å². The number of aliphatic hydroxyl groups excluding tert-OH is 1. The highest BCUT2D eigenvalue weighted by atomic mass is 31.0. The largest absolute Gasteiger partial charge is 0.395 e. The van der Waals surface area contributed by atoms with Crippen LogP contribution in [0.15, 0.2) is 0 Å². The van der Waals surface area contributed by atoms with Crippen molar-refractivity contribution in [1.29, 1.82) is 0 Å². The molecule has 0 saturated heterocycles. The summed E-state index contributed by atoms with van der Waals surface area (Å²) in [6.45, 7) is 10.7. The van der Waals surface area contributed by atoms with Crippen LogP contribution < -0.4 is 0 Å². The van der Waals surface area contributed by atoms with Crippen LogP contribution in [0.2, 0.25) is 12.6 Å². The summed E-state index contributed by atoms with van der Waals surface area (Å²) in [6, 6.07) is 0.841. The molecule has 0 fully saturated rings. The van der Waals surface area contributed by atoms with Crippen molar-refractivity contribution in [2.45, 2.75) is 64.6 Å². The van der Waals surface area contributed by atoms with Gasteiger partial charge in [0.05, 0.1) is 11.4 Å². The van der Waals surface area contributed by atoms with Gasteiger partial charge < -0.3 is 14.0 Å². The lowest BCUT2D eigenvalue weighted by Gasteiger charge is -2.34. The molecule has 5 heteroatoms. The molecule has 0 aliphatic heterocycles. The Balaban J connectivity index is 4.32. The Bertz CT molecular complexity index is 196. The van der Waals surface area contributed by atoms with E-state index in [1.54, 1.807) is 0 Å². The molecule has 3 unspecified atom stereocenters. The third kappa shape index (κ3) is 7.74. The highest BCUT2D eigenvalue weighted by Crippen LogP contribution is 2.28. The molecule has 1 N–H and O–H groups in total. The molecule has 0 saturated carbocycles. The molecular weight excluding hydrogens is 239 g/mol. The number of rotatable bonds is 8. The van der Waals surface area contributed by atoms with E-state index in [1.807, 2.05) is 27.7 Å². The van der Waals surface area contributed by atoms with Crippen LogP contribution >= 0.6 is 9.24 Å². The molecule has 0 aromatic heterocycles. The second-order valence-electron chi connectivity index (χ2n) is 4.87. The van der Waals surface area contributed by atoms with Gasteiger partial charge in [0, 0.05) is 6.61 Å². The molecular formula is C11H27O3PSi. The molecule has 0 radical (unpaired) electrons. The van der Waals surface area contributed by atoms with Gasteiger partial charge in [-0.15, -0.1) is 9.24 Å². The summed E-state index contributed by atoms with van der Waals surface area (Å²) in [4.78, 5) is 0. The van der Waals surface area contributed by atoms with Gasteiger partial charge in [0.25, 0.3) is 0 Å². The van der Waals surface area contributed by atoms with Gasteiger partial charge in [-0.3, -0.25) is 0 Å². The first-order valence-corrected chi connectivity index (χ1v) is 9.13. The van der Waals surface area contributed by atoms with Crippen molar-refractivity contribution in [2.24, 2.45) is 0 Å². The van der Waals surface area contributed by atoms with Gasteiger partial charge in [-0.1, -0.05) is 6.92 Å². The van der Waals surface area contributed by atoms with Crippen LogP contribution in [0.3, 0.4) is 0 Å². The van der Waals surface area contributed by atoms with Crippen molar-refractivity contribution in [2.75, 3.05) is 6.61 Å². The second kappa shape index (κ2) is 7.07. The molecule has 0 rings (SSSR count). The second-order valence-corrected chi connectivity index (χ2v) is 9.52. The SMILES string of the molecule is CCO[Si](C)(CCC(O)CC)OC(C)(C)P. The monoisotopic (exact) mass is 266 g/mol. The van der Waals surface area contributed by atoms with Crippen LogP contribution in [-0.4, -0.2) is 31.7 Å². The standard InChI is InChI=1S/C11H27O3PSi/c1-6-10(12)8-9-16(5,13-7-2)14-11(3,4)15/h10,12H,6-9,15H2,1-5H3. The molecule has 98 valence electrons. The fraction of sp³-hybridized carbons (Fsp3) is 1.00. The minimum Gasteiger partial charge on any atom is -0.395 e. The Morgan fingerprint density at radius 3 is 2.31 bits per heavy atom.